The largest absolute Gasteiger partial charge is 0.0987 e. The Morgan fingerprint density at radius 1 is 1.20 bits per heavy atom. The quantitative estimate of drug-likeness (QED) is 0.407. The van der Waals surface area contributed by atoms with E-state index in [2.05, 4.69) is 25.7 Å². The maximum absolute atomic E-state index is 2.35. The zero-order valence-corrected chi connectivity index (χ0v) is 8.19. The Kier molecular flexibility index (Phi) is 9.33. The lowest BCUT2D eigenvalue weighted by molar-refractivity contribution is 0.895. The highest BCUT2D eigenvalue weighted by Gasteiger charge is 1.79. The van der Waals surface area contributed by atoms with Gasteiger partial charge in [0.05, 0.1) is 0 Å². The number of hydrogen-bond acceptors (Lipinski definition) is 0. The summed E-state index contributed by atoms with van der Waals surface area (Å²) in [4.78, 5) is 0. The first-order valence-corrected chi connectivity index (χ1v) is 5.58. The number of unbranched alkanes of at least 4 members (excludes halogenated alkanes) is 2. The van der Waals surface area contributed by atoms with Gasteiger partial charge in [0, 0.05) is 0 Å². The fourth-order valence-corrected chi connectivity index (χ4v) is 1.75. The first-order chi connectivity index (χ1) is 4.91. The molecule has 0 heterocycles. The van der Waals surface area contributed by atoms with E-state index in [-0.39, 0.29) is 0 Å². The topological polar surface area (TPSA) is 0 Å². The van der Waals surface area contributed by atoms with Gasteiger partial charge < -0.3 is 0 Å². The maximum Gasteiger partial charge on any atom is -0.0319 e. The second-order valence-corrected chi connectivity index (χ2v) is 3.74. The summed E-state index contributed by atoms with van der Waals surface area (Å²) in [6.45, 7) is 4.47. The van der Waals surface area contributed by atoms with Crippen molar-refractivity contribution >= 4 is 8.58 Å². The molecule has 0 aliphatic rings. The Balaban J connectivity index is 2.88. The summed E-state index contributed by atoms with van der Waals surface area (Å²) < 4.78 is 0. The van der Waals surface area contributed by atoms with Crippen molar-refractivity contribution in [1.82, 2.24) is 0 Å². The van der Waals surface area contributed by atoms with Crippen LogP contribution in [0.2, 0.25) is 0 Å². The van der Waals surface area contributed by atoms with Gasteiger partial charge >= 0.3 is 0 Å². The van der Waals surface area contributed by atoms with Crippen molar-refractivity contribution in [3.8, 4) is 0 Å². The highest BCUT2D eigenvalue weighted by molar-refractivity contribution is 7.41. The highest BCUT2D eigenvalue weighted by Crippen LogP contribution is 2.14. The van der Waals surface area contributed by atoms with Crippen molar-refractivity contribution in [3.63, 3.8) is 0 Å². The van der Waals surface area contributed by atoms with E-state index in [1.54, 1.807) is 0 Å². The number of hydrogen-bond donors (Lipinski definition) is 0. The van der Waals surface area contributed by atoms with Crippen molar-refractivity contribution in [1.29, 1.82) is 0 Å². The zero-order chi connectivity index (χ0) is 7.66. The van der Waals surface area contributed by atoms with Crippen LogP contribution in [0.25, 0.3) is 0 Å². The predicted octanol–water partition coefficient (Wildman–Crippen LogP) is 3.78. The highest BCUT2D eigenvalue weighted by atomic mass is 31.1. The van der Waals surface area contributed by atoms with E-state index in [1.807, 2.05) is 0 Å². The minimum atomic E-state index is 1.07. The second kappa shape index (κ2) is 9.17. The summed E-state index contributed by atoms with van der Waals surface area (Å²) in [6, 6.07) is 0. The molecule has 1 unspecified atom stereocenters. The van der Waals surface area contributed by atoms with Crippen LogP contribution < -0.4 is 0 Å². The smallest absolute Gasteiger partial charge is 0.0319 e. The average Bonchev–Trinajstić information content (AvgIpc) is 1.97. The van der Waals surface area contributed by atoms with Crippen LogP contribution in [0.3, 0.4) is 0 Å². The van der Waals surface area contributed by atoms with Crippen molar-refractivity contribution < 1.29 is 0 Å². The van der Waals surface area contributed by atoms with Crippen LogP contribution in [-0.2, 0) is 0 Å². The van der Waals surface area contributed by atoms with Crippen molar-refractivity contribution in [2.75, 3.05) is 6.16 Å². The van der Waals surface area contributed by atoms with Crippen molar-refractivity contribution in [2.24, 2.45) is 0 Å². The van der Waals surface area contributed by atoms with Gasteiger partial charge in [-0.2, -0.15) is 0 Å². The van der Waals surface area contributed by atoms with Crippen LogP contribution in [0.1, 0.15) is 39.5 Å². The second-order valence-electron chi connectivity index (χ2n) is 2.50. The number of allylic oxidation sites excluding steroid dienone is 1. The maximum atomic E-state index is 2.35. The molecule has 1 atom stereocenters. The molecule has 0 bridgehead atoms. The molecule has 0 saturated carbocycles. The van der Waals surface area contributed by atoms with Gasteiger partial charge in [-0.25, -0.2) is 0 Å². The molecule has 0 radical (unpaired) electrons. The molecule has 0 spiro atoms. The summed E-state index contributed by atoms with van der Waals surface area (Å²) in [5, 5.41) is 0. The lowest BCUT2D eigenvalue weighted by Gasteiger charge is -1.91. The minimum Gasteiger partial charge on any atom is -0.0987 e. The molecule has 0 saturated heterocycles. The first kappa shape index (κ1) is 10.2. The summed E-state index contributed by atoms with van der Waals surface area (Å²) in [6.07, 6.45) is 9.00. The lowest BCUT2D eigenvalue weighted by Crippen LogP contribution is -1.70. The third-order valence-electron chi connectivity index (χ3n) is 1.37. The monoisotopic (exact) mass is 158 g/mol. The molecule has 0 aliphatic carbocycles. The molecular formula is C9H19P. The molecule has 0 amide bonds. The Hall–Kier alpha value is 0.170. The van der Waals surface area contributed by atoms with E-state index >= 15 is 0 Å². The van der Waals surface area contributed by atoms with Gasteiger partial charge in [-0.1, -0.05) is 47.2 Å². The van der Waals surface area contributed by atoms with Gasteiger partial charge in [0.1, 0.15) is 0 Å². The minimum absolute atomic E-state index is 1.07. The van der Waals surface area contributed by atoms with Crippen LogP contribution in [0.15, 0.2) is 11.9 Å². The summed E-state index contributed by atoms with van der Waals surface area (Å²) >= 11 is 0. The SMILES string of the molecule is CCC/C=C/PCCCC. The standard InChI is InChI=1S/C9H19P/c1-3-5-7-9-10-8-6-4-2/h7,9-10H,3-6,8H2,1-2H3/b9-7+. The molecule has 0 aromatic rings. The first-order valence-electron chi connectivity index (χ1n) is 4.30. The third-order valence-corrected chi connectivity index (χ3v) is 2.48. The van der Waals surface area contributed by atoms with E-state index in [0.29, 0.717) is 0 Å². The molecule has 0 aliphatic heterocycles. The van der Waals surface area contributed by atoms with Gasteiger partial charge in [0.2, 0.25) is 0 Å². The normalized spacial score (nSPS) is 12.2. The molecule has 0 fully saturated rings. The average molecular weight is 158 g/mol. The van der Waals surface area contributed by atoms with E-state index in [1.165, 1.54) is 31.8 Å². The summed E-state index contributed by atoms with van der Waals surface area (Å²) in [5.74, 6) is 2.35. The Bertz CT molecular complexity index is 76.8. The summed E-state index contributed by atoms with van der Waals surface area (Å²) in [5.41, 5.74) is 0. The van der Waals surface area contributed by atoms with Crippen LogP contribution in [0, 0.1) is 0 Å². The van der Waals surface area contributed by atoms with Crippen molar-refractivity contribution in [3.05, 3.63) is 11.9 Å². The lowest BCUT2D eigenvalue weighted by atomic mass is 10.3. The fourth-order valence-electron chi connectivity index (χ4n) is 0.696. The zero-order valence-electron chi connectivity index (χ0n) is 7.19. The molecule has 1 heteroatoms. The van der Waals surface area contributed by atoms with Gasteiger partial charge in [-0.15, -0.1) is 0 Å². The Labute approximate surface area is 66.9 Å². The molecule has 0 aromatic heterocycles. The number of rotatable bonds is 6. The van der Waals surface area contributed by atoms with Crippen molar-refractivity contribution in [2.45, 2.75) is 39.5 Å². The van der Waals surface area contributed by atoms with E-state index in [0.717, 1.165) is 8.58 Å². The van der Waals surface area contributed by atoms with Gasteiger partial charge in [-0.3, -0.25) is 0 Å². The van der Waals surface area contributed by atoms with Crippen LogP contribution >= 0.6 is 8.58 Å². The molecule has 0 aromatic carbocycles. The van der Waals surface area contributed by atoms with Gasteiger partial charge in [0.25, 0.3) is 0 Å². The molecule has 60 valence electrons. The molecule has 10 heavy (non-hydrogen) atoms. The van der Waals surface area contributed by atoms with E-state index < -0.39 is 0 Å². The van der Waals surface area contributed by atoms with Gasteiger partial charge in [0.15, 0.2) is 0 Å². The summed E-state index contributed by atoms with van der Waals surface area (Å²) in [7, 11) is 1.07. The third kappa shape index (κ3) is 8.17. The Morgan fingerprint density at radius 3 is 2.60 bits per heavy atom. The van der Waals surface area contributed by atoms with Crippen LogP contribution in [0.4, 0.5) is 0 Å². The molecule has 0 N–H and O–H groups in total. The fraction of sp³-hybridized carbons (Fsp3) is 0.778. The van der Waals surface area contributed by atoms with Crippen LogP contribution in [-0.4, -0.2) is 6.16 Å². The molecular weight excluding hydrogens is 139 g/mol. The Morgan fingerprint density at radius 2 is 2.00 bits per heavy atom. The molecule has 0 rings (SSSR count). The van der Waals surface area contributed by atoms with Gasteiger partial charge in [-0.05, 0) is 19.0 Å². The predicted molar refractivity (Wildman–Crippen MR) is 52.1 cm³/mol. The van der Waals surface area contributed by atoms with E-state index in [4.69, 9.17) is 0 Å². The van der Waals surface area contributed by atoms with E-state index in [9.17, 15) is 0 Å². The molecule has 0 nitrogen and oxygen atoms in total. The van der Waals surface area contributed by atoms with Crippen LogP contribution in [0.5, 0.6) is 0 Å².